The van der Waals surface area contributed by atoms with E-state index in [9.17, 15) is 22.0 Å². The highest BCUT2D eigenvalue weighted by Gasteiger charge is 2.30. The number of halogens is 2. The molecule has 176 valence electrons. The number of carbonyl (C=O) groups is 1. The van der Waals surface area contributed by atoms with Crippen LogP contribution in [0.15, 0.2) is 24.3 Å². The van der Waals surface area contributed by atoms with Gasteiger partial charge < -0.3 is 15.4 Å². The third-order valence-corrected chi connectivity index (χ3v) is 5.55. The van der Waals surface area contributed by atoms with Gasteiger partial charge in [-0.2, -0.15) is 5.10 Å². The zero-order chi connectivity index (χ0) is 23.5. The number of nitrogens with zero attached hydrogens (tertiary/aromatic N) is 1. The summed E-state index contributed by atoms with van der Waals surface area (Å²) in [4.78, 5) is 11.8. The number of sulfonamides is 1. The Labute approximate surface area is 185 Å². The number of carbonyl (C=O) groups excluding carboxylic acids is 1. The molecule has 0 bridgehead atoms. The molecule has 1 aliphatic carbocycles. The van der Waals surface area contributed by atoms with Gasteiger partial charge in [0.25, 0.3) is 6.43 Å². The van der Waals surface area contributed by atoms with Crippen LogP contribution < -0.4 is 15.4 Å². The molecular formula is C20H27F2N5O4S. The summed E-state index contributed by atoms with van der Waals surface area (Å²) in [6, 6.07) is 5.73. The van der Waals surface area contributed by atoms with E-state index in [1.54, 1.807) is 6.07 Å². The van der Waals surface area contributed by atoms with Gasteiger partial charge in [-0.25, -0.2) is 22.0 Å². The predicted octanol–water partition coefficient (Wildman–Crippen LogP) is 4.23. The summed E-state index contributed by atoms with van der Waals surface area (Å²) in [5.41, 5.74) is 0.587. The Kier molecular flexibility index (Phi) is 7.22. The van der Waals surface area contributed by atoms with Gasteiger partial charge in [0, 0.05) is 35.0 Å². The van der Waals surface area contributed by atoms with E-state index in [0.717, 1.165) is 24.8 Å². The van der Waals surface area contributed by atoms with Crippen molar-refractivity contribution >= 4 is 33.3 Å². The van der Waals surface area contributed by atoms with E-state index in [-0.39, 0.29) is 23.8 Å². The average molecular weight is 472 g/mol. The number of benzene rings is 1. The van der Waals surface area contributed by atoms with Crippen LogP contribution in [0.1, 0.15) is 56.7 Å². The fourth-order valence-corrected chi connectivity index (χ4v) is 4.21. The van der Waals surface area contributed by atoms with Crippen LogP contribution in [0.5, 0.6) is 0 Å². The van der Waals surface area contributed by atoms with Gasteiger partial charge in [0.15, 0.2) is 5.82 Å². The number of H-pyrrole nitrogens is 1. The molecule has 1 heterocycles. The highest BCUT2D eigenvalue weighted by molar-refractivity contribution is 7.92. The van der Waals surface area contributed by atoms with Gasteiger partial charge in [-0.05, 0) is 51.3 Å². The Morgan fingerprint density at radius 2 is 2.00 bits per heavy atom. The van der Waals surface area contributed by atoms with E-state index in [1.807, 2.05) is 13.8 Å². The van der Waals surface area contributed by atoms with E-state index >= 15 is 0 Å². The van der Waals surface area contributed by atoms with Crippen molar-refractivity contribution in [1.29, 1.82) is 0 Å². The van der Waals surface area contributed by atoms with Gasteiger partial charge in [0.2, 0.25) is 10.0 Å². The van der Waals surface area contributed by atoms with Crippen LogP contribution in [0.3, 0.4) is 0 Å². The molecule has 1 amide bonds. The number of nitrogens with one attached hydrogen (secondary N) is 4. The first kappa shape index (κ1) is 23.8. The second-order valence-electron chi connectivity index (χ2n) is 8.15. The first-order valence-corrected chi connectivity index (χ1v) is 12.1. The number of rotatable bonds is 8. The van der Waals surface area contributed by atoms with Gasteiger partial charge in [-0.3, -0.25) is 9.82 Å². The molecule has 1 aromatic heterocycles. The monoisotopic (exact) mass is 471 g/mol. The molecule has 32 heavy (non-hydrogen) atoms. The molecule has 12 heteroatoms. The van der Waals surface area contributed by atoms with Crippen LogP contribution in [0.4, 0.5) is 30.8 Å². The van der Waals surface area contributed by atoms with Gasteiger partial charge in [-0.15, -0.1) is 0 Å². The molecule has 2 atom stereocenters. The number of ether oxygens (including phenoxy) is 1. The Balaban J connectivity index is 1.64. The predicted molar refractivity (Wildman–Crippen MR) is 117 cm³/mol. The highest BCUT2D eigenvalue weighted by Crippen LogP contribution is 2.36. The number of aromatic nitrogens is 2. The number of aromatic amines is 1. The molecule has 1 fully saturated rings. The van der Waals surface area contributed by atoms with Crippen LogP contribution in [0.2, 0.25) is 0 Å². The summed E-state index contributed by atoms with van der Waals surface area (Å²) in [7, 11) is -3.69. The maximum atomic E-state index is 13.4. The van der Waals surface area contributed by atoms with E-state index < -0.39 is 28.1 Å². The molecule has 1 aliphatic rings. The lowest BCUT2D eigenvalue weighted by Crippen LogP contribution is -2.33. The van der Waals surface area contributed by atoms with Gasteiger partial charge in [0.1, 0.15) is 6.10 Å². The average Bonchev–Trinajstić information content (AvgIpc) is 3.30. The number of hydrogen-bond donors (Lipinski definition) is 4. The van der Waals surface area contributed by atoms with Gasteiger partial charge >= 0.3 is 6.09 Å². The molecular weight excluding hydrogens is 444 g/mol. The van der Waals surface area contributed by atoms with Crippen molar-refractivity contribution in [2.24, 2.45) is 0 Å². The van der Waals surface area contributed by atoms with Crippen molar-refractivity contribution < 1.29 is 26.7 Å². The standard InChI is InChI=1S/C20H27F2N5O4S/c1-11(2)23-20(28)31-14-6-4-12(8-14)17-10-18(26-25-17)24-13-5-7-16(27-32(3,29)30)15(9-13)19(21)22/h5,7,9-12,14,19,27H,4,6,8H2,1-3H3,(H,23,28)(H2,24,25,26)/t12-,14+/m1/s1. The molecule has 0 aliphatic heterocycles. The van der Waals surface area contributed by atoms with Crippen LogP contribution >= 0.6 is 0 Å². The smallest absolute Gasteiger partial charge is 0.407 e. The lowest BCUT2D eigenvalue weighted by molar-refractivity contribution is 0.0981. The SMILES string of the molecule is CC(C)NC(=O)O[C@H]1CC[C@@H](c2cc(Nc3ccc(NS(C)(=O)=O)c(C(F)F)c3)n[nH]2)C1. The van der Waals surface area contributed by atoms with Crippen LogP contribution in [0, 0.1) is 0 Å². The lowest BCUT2D eigenvalue weighted by atomic mass is 10.0. The molecule has 1 aromatic carbocycles. The molecule has 0 spiro atoms. The first-order chi connectivity index (χ1) is 15.0. The highest BCUT2D eigenvalue weighted by atomic mass is 32.2. The molecule has 2 aromatic rings. The summed E-state index contributed by atoms with van der Waals surface area (Å²) in [6.45, 7) is 3.72. The number of anilines is 3. The third-order valence-electron chi connectivity index (χ3n) is 4.96. The van der Waals surface area contributed by atoms with Crippen molar-refractivity contribution in [3.63, 3.8) is 0 Å². The zero-order valence-electron chi connectivity index (χ0n) is 18.0. The van der Waals surface area contributed by atoms with Crippen LogP contribution in [-0.2, 0) is 14.8 Å². The minimum absolute atomic E-state index is 0.00254. The minimum atomic E-state index is -3.69. The Bertz CT molecular complexity index is 1060. The van der Waals surface area contributed by atoms with Crippen molar-refractivity contribution in [3.8, 4) is 0 Å². The minimum Gasteiger partial charge on any atom is -0.446 e. The number of hydrogen-bond acceptors (Lipinski definition) is 6. The van der Waals surface area contributed by atoms with Gasteiger partial charge in [-0.1, -0.05) is 0 Å². The largest absolute Gasteiger partial charge is 0.446 e. The molecule has 0 unspecified atom stereocenters. The Hall–Kier alpha value is -2.89. The third kappa shape index (κ3) is 6.55. The number of alkyl halides is 2. The fourth-order valence-electron chi connectivity index (χ4n) is 3.62. The summed E-state index contributed by atoms with van der Waals surface area (Å²) >= 11 is 0. The maximum absolute atomic E-state index is 13.4. The molecule has 0 radical (unpaired) electrons. The van der Waals surface area contributed by atoms with E-state index in [0.29, 0.717) is 17.9 Å². The molecule has 3 rings (SSSR count). The molecule has 4 N–H and O–H groups in total. The van der Waals surface area contributed by atoms with Gasteiger partial charge in [0.05, 0.1) is 11.9 Å². The molecule has 1 saturated carbocycles. The summed E-state index contributed by atoms with van der Waals surface area (Å²) in [5.74, 6) is 0.568. The lowest BCUT2D eigenvalue weighted by Gasteiger charge is -2.14. The summed E-state index contributed by atoms with van der Waals surface area (Å²) < 4.78 is 57.1. The van der Waals surface area contributed by atoms with E-state index in [2.05, 4.69) is 25.6 Å². The van der Waals surface area contributed by atoms with Crippen molar-refractivity contribution in [2.75, 3.05) is 16.3 Å². The Morgan fingerprint density at radius 3 is 2.66 bits per heavy atom. The zero-order valence-corrected chi connectivity index (χ0v) is 18.8. The van der Waals surface area contributed by atoms with Crippen LogP contribution in [-0.4, -0.2) is 43.1 Å². The second-order valence-corrected chi connectivity index (χ2v) is 9.90. The summed E-state index contributed by atoms with van der Waals surface area (Å²) in [5, 5.41) is 12.8. The second kappa shape index (κ2) is 9.72. The summed E-state index contributed by atoms with van der Waals surface area (Å²) in [6.07, 6.45) is -0.348. The quantitative estimate of drug-likeness (QED) is 0.457. The Morgan fingerprint density at radius 1 is 1.25 bits per heavy atom. The van der Waals surface area contributed by atoms with E-state index in [1.165, 1.54) is 18.2 Å². The normalized spacial score (nSPS) is 18.7. The number of alkyl carbamates (subject to hydrolysis) is 1. The van der Waals surface area contributed by atoms with Crippen molar-refractivity contribution in [2.45, 2.75) is 57.6 Å². The first-order valence-electron chi connectivity index (χ1n) is 10.2. The van der Waals surface area contributed by atoms with E-state index in [4.69, 9.17) is 4.74 Å². The number of amides is 1. The molecule has 0 saturated heterocycles. The van der Waals surface area contributed by atoms with Crippen molar-refractivity contribution in [3.05, 3.63) is 35.5 Å². The fraction of sp³-hybridized carbons (Fsp3) is 0.500. The molecule has 9 nitrogen and oxygen atoms in total. The maximum Gasteiger partial charge on any atom is 0.407 e. The topological polar surface area (TPSA) is 125 Å². The van der Waals surface area contributed by atoms with Crippen molar-refractivity contribution in [1.82, 2.24) is 15.5 Å². The van der Waals surface area contributed by atoms with Crippen LogP contribution in [0.25, 0.3) is 0 Å².